The van der Waals surface area contributed by atoms with E-state index in [2.05, 4.69) is 13.2 Å². The maximum atomic E-state index is 12.8. The Labute approximate surface area is 221 Å². The second-order valence-electron chi connectivity index (χ2n) is 8.10. The lowest BCUT2D eigenvalue weighted by Crippen LogP contribution is -2.38. The van der Waals surface area contributed by atoms with E-state index in [-0.39, 0.29) is 22.6 Å². The summed E-state index contributed by atoms with van der Waals surface area (Å²) in [5.74, 6) is -3.51. The third-order valence-corrected chi connectivity index (χ3v) is 5.65. The van der Waals surface area contributed by atoms with Crippen molar-refractivity contribution in [3.8, 4) is 11.5 Å². The molecule has 4 rings (SSSR count). The number of carbonyl (C=O) groups is 5. The van der Waals surface area contributed by atoms with Crippen LogP contribution in [0.1, 0.15) is 20.7 Å². The molecule has 0 amide bonds. The molecule has 2 aliphatic heterocycles. The van der Waals surface area contributed by atoms with Crippen LogP contribution in [0.3, 0.4) is 0 Å². The predicted octanol–water partition coefficient (Wildman–Crippen LogP) is 1.92. The molecule has 0 aliphatic carbocycles. The first-order chi connectivity index (χ1) is 18.7. The van der Waals surface area contributed by atoms with E-state index in [1.165, 1.54) is 55.6 Å². The molecule has 12 heteroatoms. The molecule has 12 nitrogen and oxygen atoms in total. The zero-order chi connectivity index (χ0) is 28.1. The lowest BCUT2D eigenvalue weighted by Gasteiger charge is -2.21. The first kappa shape index (κ1) is 27.2. The number of esters is 5. The summed E-state index contributed by atoms with van der Waals surface area (Å²) in [6.07, 6.45) is -3.99. The summed E-state index contributed by atoms with van der Waals surface area (Å²) in [5.41, 5.74) is 0.178. The molecule has 0 saturated carbocycles. The van der Waals surface area contributed by atoms with Crippen LogP contribution in [0.5, 0.6) is 11.5 Å². The van der Waals surface area contributed by atoms with E-state index in [9.17, 15) is 24.0 Å². The zero-order valence-corrected chi connectivity index (χ0v) is 20.5. The maximum absolute atomic E-state index is 12.8. The summed E-state index contributed by atoms with van der Waals surface area (Å²) in [6, 6.07) is 10.9. The normalized spacial score (nSPS) is 23.1. The standard InChI is InChI=1S/C27H22O12/c1-4-18(28)34-16-10-6-14(7-11-16)24(30)37-22-20-21(36-26(22)32)23(27(33-3)39-20)38-25(31)15-8-12-17(13-9-15)35-19(29)5-2/h4-13,20-23,27H,1-2H2,3H3/t20-,21-,22-,23+,27+/m0/s1. The summed E-state index contributed by atoms with van der Waals surface area (Å²) in [7, 11) is 1.30. The summed E-state index contributed by atoms with van der Waals surface area (Å²) in [6.45, 7) is 6.60. The number of ether oxygens (including phenoxy) is 7. The average molecular weight is 538 g/mol. The fourth-order valence-corrected chi connectivity index (χ4v) is 3.80. The molecular weight excluding hydrogens is 516 g/mol. The highest BCUT2D eigenvalue weighted by Gasteiger charge is 2.61. The smallest absolute Gasteiger partial charge is 0.350 e. The van der Waals surface area contributed by atoms with Gasteiger partial charge in [-0.15, -0.1) is 0 Å². The van der Waals surface area contributed by atoms with Crippen LogP contribution in [0.25, 0.3) is 0 Å². The summed E-state index contributed by atoms with van der Waals surface area (Å²) >= 11 is 0. The van der Waals surface area contributed by atoms with E-state index < -0.39 is 60.6 Å². The first-order valence-electron chi connectivity index (χ1n) is 11.4. The SMILES string of the molecule is C=CC(=O)Oc1ccc(C(=O)O[C@H]2[C@H](OC)O[C@H]3[C@@H]2OC(=O)[C@H]3OC(=O)c2ccc(OC(=O)C=C)cc2)cc1. The number of methoxy groups -OCH3 is 1. The van der Waals surface area contributed by atoms with Crippen LogP contribution < -0.4 is 9.47 Å². The van der Waals surface area contributed by atoms with E-state index in [0.29, 0.717) is 0 Å². The molecule has 39 heavy (non-hydrogen) atoms. The van der Waals surface area contributed by atoms with Gasteiger partial charge in [-0.3, -0.25) is 0 Å². The maximum Gasteiger partial charge on any atom is 0.350 e. The summed E-state index contributed by atoms with van der Waals surface area (Å²) in [5, 5.41) is 0. The molecule has 2 fully saturated rings. The molecule has 5 atom stereocenters. The minimum atomic E-state index is -1.46. The van der Waals surface area contributed by atoms with Crippen LogP contribution in [0.2, 0.25) is 0 Å². The van der Waals surface area contributed by atoms with Crippen LogP contribution in [0, 0.1) is 0 Å². The quantitative estimate of drug-likeness (QED) is 0.199. The van der Waals surface area contributed by atoms with Gasteiger partial charge in [-0.1, -0.05) is 13.2 Å². The minimum absolute atomic E-state index is 0.0659. The van der Waals surface area contributed by atoms with Gasteiger partial charge < -0.3 is 33.2 Å². The van der Waals surface area contributed by atoms with Gasteiger partial charge >= 0.3 is 29.8 Å². The Hall–Kier alpha value is -4.81. The van der Waals surface area contributed by atoms with E-state index >= 15 is 0 Å². The number of hydrogen-bond donors (Lipinski definition) is 0. The van der Waals surface area contributed by atoms with E-state index in [1.807, 2.05) is 0 Å². The van der Waals surface area contributed by atoms with Gasteiger partial charge in [0.25, 0.3) is 0 Å². The third-order valence-electron chi connectivity index (χ3n) is 5.65. The number of rotatable bonds is 9. The summed E-state index contributed by atoms with van der Waals surface area (Å²) in [4.78, 5) is 60.6. The second kappa shape index (κ2) is 11.7. The molecule has 2 aliphatic rings. The molecule has 2 saturated heterocycles. The molecule has 0 aromatic heterocycles. The van der Waals surface area contributed by atoms with Crippen molar-refractivity contribution in [2.75, 3.05) is 7.11 Å². The topological polar surface area (TPSA) is 150 Å². The lowest BCUT2D eigenvalue weighted by molar-refractivity contribution is -0.178. The number of fused-ring (bicyclic) bond motifs is 1. The van der Waals surface area contributed by atoms with Gasteiger partial charge in [0.15, 0.2) is 18.5 Å². The minimum Gasteiger partial charge on any atom is -0.452 e. The number of benzene rings is 2. The van der Waals surface area contributed by atoms with Gasteiger partial charge in [-0.25, -0.2) is 24.0 Å². The van der Waals surface area contributed by atoms with Gasteiger partial charge in [-0.2, -0.15) is 0 Å². The molecule has 2 aromatic carbocycles. The molecule has 2 aromatic rings. The van der Waals surface area contributed by atoms with Crippen LogP contribution in [-0.4, -0.2) is 67.7 Å². The van der Waals surface area contributed by atoms with Gasteiger partial charge in [-0.05, 0) is 48.5 Å². The van der Waals surface area contributed by atoms with Crippen LogP contribution in [0.15, 0.2) is 73.8 Å². The van der Waals surface area contributed by atoms with Crippen molar-refractivity contribution in [1.29, 1.82) is 0 Å². The van der Waals surface area contributed by atoms with E-state index in [0.717, 1.165) is 12.2 Å². The Morgan fingerprint density at radius 2 is 1.26 bits per heavy atom. The average Bonchev–Trinajstić information content (AvgIpc) is 3.43. The van der Waals surface area contributed by atoms with Crippen molar-refractivity contribution < 1.29 is 57.1 Å². The van der Waals surface area contributed by atoms with Gasteiger partial charge in [0.05, 0.1) is 11.1 Å². The van der Waals surface area contributed by atoms with Crippen molar-refractivity contribution >= 4 is 29.8 Å². The highest BCUT2D eigenvalue weighted by atomic mass is 16.8. The Balaban J connectivity index is 1.41. The van der Waals surface area contributed by atoms with Crippen molar-refractivity contribution in [3.63, 3.8) is 0 Å². The number of hydrogen-bond acceptors (Lipinski definition) is 12. The second-order valence-corrected chi connectivity index (χ2v) is 8.10. The molecule has 0 spiro atoms. The van der Waals surface area contributed by atoms with Crippen LogP contribution >= 0.6 is 0 Å². The first-order valence-corrected chi connectivity index (χ1v) is 11.4. The Morgan fingerprint density at radius 1 is 0.769 bits per heavy atom. The molecule has 2 heterocycles. The molecular formula is C27H22O12. The Bertz CT molecular complexity index is 1300. The van der Waals surface area contributed by atoms with Crippen LogP contribution in [-0.2, 0) is 38.1 Å². The van der Waals surface area contributed by atoms with Gasteiger partial charge in [0.2, 0.25) is 6.10 Å². The number of carbonyl (C=O) groups excluding carboxylic acids is 5. The summed E-state index contributed by atoms with van der Waals surface area (Å²) < 4.78 is 37.1. The highest BCUT2D eigenvalue weighted by Crippen LogP contribution is 2.36. The highest BCUT2D eigenvalue weighted by molar-refractivity contribution is 5.93. The van der Waals surface area contributed by atoms with Crippen molar-refractivity contribution in [2.24, 2.45) is 0 Å². The van der Waals surface area contributed by atoms with Gasteiger partial charge in [0.1, 0.15) is 17.6 Å². The molecule has 0 N–H and O–H groups in total. The molecule has 202 valence electrons. The lowest BCUT2D eigenvalue weighted by atomic mass is 10.1. The van der Waals surface area contributed by atoms with E-state index in [4.69, 9.17) is 33.2 Å². The Kier molecular flexibility index (Phi) is 8.18. The van der Waals surface area contributed by atoms with E-state index in [1.54, 1.807) is 0 Å². The largest absolute Gasteiger partial charge is 0.452 e. The fraction of sp³-hybridized carbons (Fsp3) is 0.222. The van der Waals surface area contributed by atoms with Gasteiger partial charge in [0, 0.05) is 19.3 Å². The van der Waals surface area contributed by atoms with Crippen LogP contribution in [0.4, 0.5) is 0 Å². The zero-order valence-electron chi connectivity index (χ0n) is 20.5. The third kappa shape index (κ3) is 6.03. The van der Waals surface area contributed by atoms with Crippen molar-refractivity contribution in [2.45, 2.75) is 30.7 Å². The predicted molar refractivity (Wildman–Crippen MR) is 129 cm³/mol. The molecule has 0 radical (unpaired) electrons. The Morgan fingerprint density at radius 3 is 1.72 bits per heavy atom. The monoisotopic (exact) mass is 538 g/mol. The molecule has 0 unspecified atom stereocenters. The molecule has 0 bridgehead atoms. The van der Waals surface area contributed by atoms with Crippen molar-refractivity contribution in [1.82, 2.24) is 0 Å². The van der Waals surface area contributed by atoms with Crippen molar-refractivity contribution in [3.05, 3.63) is 85.0 Å². The fourth-order valence-electron chi connectivity index (χ4n) is 3.80.